The first-order valence-electron chi connectivity index (χ1n) is 12.6. The summed E-state index contributed by atoms with van der Waals surface area (Å²) in [5.74, 6) is -1.11. The van der Waals surface area contributed by atoms with Crippen molar-refractivity contribution in [3.05, 3.63) is 58.5 Å². The number of aromatic hydroxyl groups is 1. The van der Waals surface area contributed by atoms with Crippen molar-refractivity contribution in [2.45, 2.75) is 38.6 Å². The predicted molar refractivity (Wildman–Crippen MR) is 157 cm³/mol. The number of aliphatic hydroxyl groups is 1. The molecule has 41 heavy (non-hydrogen) atoms. The Balaban J connectivity index is 1.91. The first kappa shape index (κ1) is 31.0. The molecule has 0 aromatic heterocycles. The van der Waals surface area contributed by atoms with E-state index in [4.69, 9.17) is 16.2 Å². The standard InChI is InChI=1S/C27H33N7O6S/c1-16(24(38)33-22(31-15-36)9-6-10-30-26(28)29)34-25(39)21(41-27(34)32-19-7-4-3-5-8-19)13-17-11-18(14-35)23(37)20(12-17)40-2/h3-5,7-8,11-13,15-16,22,35,37H,6,9-10,14H2,1-2H3,(H,31,36)(H,33,38)(H4,28,29,30)/b21-13-,32-27?/t16-,22-/m0/s1. The van der Waals surface area contributed by atoms with Crippen molar-refractivity contribution in [3.8, 4) is 11.5 Å². The SMILES string of the molecule is COc1cc(/C=C2\SC(=Nc3ccccc3)N([C@@H](C)C(=O)N[C@@H](CCCN=C(N)N)NC=O)C2=O)cc(CO)c1O. The zero-order valence-corrected chi connectivity index (χ0v) is 23.4. The Labute approximate surface area is 241 Å². The van der Waals surface area contributed by atoms with Crippen molar-refractivity contribution >= 4 is 52.9 Å². The first-order chi connectivity index (χ1) is 19.7. The van der Waals surface area contributed by atoms with Gasteiger partial charge in [0.2, 0.25) is 12.3 Å². The zero-order valence-electron chi connectivity index (χ0n) is 22.6. The number of carbonyl (C=O) groups is 3. The van der Waals surface area contributed by atoms with Crippen LogP contribution in [0.3, 0.4) is 0 Å². The van der Waals surface area contributed by atoms with Crippen molar-refractivity contribution in [3.63, 3.8) is 0 Å². The van der Waals surface area contributed by atoms with E-state index in [1.807, 2.05) is 6.07 Å². The monoisotopic (exact) mass is 583 g/mol. The summed E-state index contributed by atoms with van der Waals surface area (Å²) >= 11 is 1.07. The maximum absolute atomic E-state index is 13.7. The second kappa shape index (κ2) is 14.7. The third-order valence-electron chi connectivity index (χ3n) is 5.98. The lowest BCUT2D eigenvalue weighted by atomic mass is 10.1. The van der Waals surface area contributed by atoms with E-state index in [1.54, 1.807) is 37.3 Å². The van der Waals surface area contributed by atoms with Crippen molar-refractivity contribution < 1.29 is 29.3 Å². The molecule has 13 nitrogen and oxygen atoms in total. The number of ether oxygens (including phenoxy) is 1. The lowest BCUT2D eigenvalue weighted by molar-refractivity contribution is -0.133. The third kappa shape index (κ3) is 8.22. The number of phenols is 1. The number of aliphatic imine (C=N–C) groups is 2. The van der Waals surface area contributed by atoms with Crippen LogP contribution in [0.5, 0.6) is 11.5 Å². The summed E-state index contributed by atoms with van der Waals surface area (Å²) in [4.78, 5) is 48.1. The number of nitrogens with zero attached hydrogens (tertiary/aromatic N) is 3. The van der Waals surface area contributed by atoms with E-state index < -0.39 is 30.6 Å². The summed E-state index contributed by atoms with van der Waals surface area (Å²) in [5, 5.41) is 25.4. The Kier molecular flexibility index (Phi) is 11.1. The van der Waals surface area contributed by atoms with Crippen LogP contribution in [0.1, 0.15) is 30.9 Å². The fourth-order valence-corrected chi connectivity index (χ4v) is 4.98. The Bertz CT molecular complexity index is 1320. The van der Waals surface area contributed by atoms with Gasteiger partial charge in [0.05, 0.1) is 24.3 Å². The van der Waals surface area contributed by atoms with Gasteiger partial charge in [-0.05, 0) is 67.4 Å². The third-order valence-corrected chi connectivity index (χ3v) is 6.96. The highest BCUT2D eigenvalue weighted by Crippen LogP contribution is 2.38. The number of nitrogens with two attached hydrogens (primary N) is 2. The molecule has 14 heteroatoms. The molecule has 8 N–H and O–H groups in total. The van der Waals surface area contributed by atoms with Crippen LogP contribution < -0.4 is 26.8 Å². The zero-order chi connectivity index (χ0) is 29.9. The molecule has 218 valence electrons. The van der Waals surface area contributed by atoms with Gasteiger partial charge in [0, 0.05) is 12.1 Å². The molecule has 0 spiro atoms. The molecule has 1 saturated heterocycles. The predicted octanol–water partition coefficient (Wildman–Crippen LogP) is 1.13. The minimum absolute atomic E-state index is 0.0555. The second-order valence-corrected chi connectivity index (χ2v) is 9.88. The average molecular weight is 584 g/mol. The topological polar surface area (TPSA) is 205 Å². The van der Waals surface area contributed by atoms with Crippen molar-refractivity contribution in [1.82, 2.24) is 15.5 Å². The van der Waals surface area contributed by atoms with Crippen molar-refractivity contribution in [1.29, 1.82) is 0 Å². The number of carbonyl (C=O) groups excluding carboxylic acids is 3. The molecule has 0 saturated carbocycles. The van der Waals surface area contributed by atoms with Gasteiger partial charge in [0.1, 0.15) is 12.2 Å². The molecule has 3 amide bonds. The second-order valence-electron chi connectivity index (χ2n) is 8.88. The van der Waals surface area contributed by atoms with Crippen LogP contribution in [-0.2, 0) is 21.0 Å². The number of aliphatic hydroxyl groups excluding tert-OH is 1. The van der Waals surface area contributed by atoms with Crippen LogP contribution in [-0.4, -0.2) is 70.3 Å². The fourth-order valence-electron chi connectivity index (χ4n) is 3.91. The number of thioether (sulfide) groups is 1. The van der Waals surface area contributed by atoms with E-state index in [9.17, 15) is 24.6 Å². The summed E-state index contributed by atoms with van der Waals surface area (Å²) in [7, 11) is 1.38. The average Bonchev–Trinajstić information content (AvgIpc) is 3.25. The maximum Gasteiger partial charge on any atom is 0.267 e. The quantitative estimate of drug-likeness (QED) is 0.0498. The molecule has 1 aliphatic rings. The smallest absolute Gasteiger partial charge is 0.267 e. The van der Waals surface area contributed by atoms with E-state index >= 15 is 0 Å². The van der Waals surface area contributed by atoms with E-state index in [0.29, 0.717) is 37.0 Å². The van der Waals surface area contributed by atoms with Crippen LogP contribution in [0.4, 0.5) is 5.69 Å². The van der Waals surface area contributed by atoms with E-state index in [0.717, 1.165) is 11.8 Å². The number of nitrogens with one attached hydrogen (secondary N) is 2. The molecule has 2 aromatic rings. The molecule has 1 aliphatic heterocycles. The maximum atomic E-state index is 13.7. The van der Waals surface area contributed by atoms with Crippen LogP contribution >= 0.6 is 11.8 Å². The number of hydrogen-bond donors (Lipinski definition) is 6. The van der Waals surface area contributed by atoms with Gasteiger partial charge >= 0.3 is 0 Å². The summed E-state index contributed by atoms with van der Waals surface area (Å²) in [6, 6.07) is 11.0. The molecule has 2 atom stereocenters. The van der Waals surface area contributed by atoms with Crippen LogP contribution in [0.15, 0.2) is 57.4 Å². The Hall–Kier alpha value is -4.56. The number of guanidine groups is 1. The summed E-state index contributed by atoms with van der Waals surface area (Å²) in [6.07, 6.45) is 2.16. The highest BCUT2D eigenvalue weighted by atomic mass is 32.2. The van der Waals surface area contributed by atoms with Gasteiger partial charge in [-0.25, -0.2) is 4.99 Å². The molecule has 1 fully saturated rings. The minimum atomic E-state index is -1.00. The van der Waals surface area contributed by atoms with Crippen LogP contribution in [0, 0.1) is 0 Å². The Morgan fingerprint density at radius 3 is 2.61 bits per heavy atom. The number of amidine groups is 1. The van der Waals surface area contributed by atoms with Crippen LogP contribution in [0.2, 0.25) is 0 Å². The highest BCUT2D eigenvalue weighted by molar-refractivity contribution is 8.18. The highest BCUT2D eigenvalue weighted by Gasteiger charge is 2.39. The van der Waals surface area contributed by atoms with Crippen LogP contribution in [0.25, 0.3) is 6.08 Å². The van der Waals surface area contributed by atoms with Gasteiger partial charge in [-0.2, -0.15) is 0 Å². The van der Waals surface area contributed by atoms with Gasteiger partial charge in [-0.3, -0.25) is 24.3 Å². The van der Waals surface area contributed by atoms with E-state index in [1.165, 1.54) is 24.1 Å². The lowest BCUT2D eigenvalue weighted by Gasteiger charge is -2.26. The van der Waals surface area contributed by atoms with Gasteiger partial charge in [0.15, 0.2) is 22.6 Å². The van der Waals surface area contributed by atoms with Crippen molar-refractivity contribution in [2.75, 3.05) is 13.7 Å². The van der Waals surface area contributed by atoms with E-state index in [2.05, 4.69) is 20.6 Å². The number of amides is 3. The molecular formula is C27H33N7O6S. The molecule has 0 unspecified atom stereocenters. The Morgan fingerprint density at radius 1 is 1.24 bits per heavy atom. The molecule has 1 heterocycles. The number of benzene rings is 2. The van der Waals surface area contributed by atoms with Gasteiger partial charge in [0.25, 0.3) is 5.91 Å². The fraction of sp³-hybridized carbons (Fsp3) is 0.296. The Morgan fingerprint density at radius 2 is 1.98 bits per heavy atom. The number of para-hydroxylation sites is 1. The molecular weight excluding hydrogens is 550 g/mol. The molecule has 0 bridgehead atoms. The van der Waals surface area contributed by atoms with Gasteiger partial charge in [-0.15, -0.1) is 0 Å². The minimum Gasteiger partial charge on any atom is -0.504 e. The van der Waals surface area contributed by atoms with E-state index in [-0.39, 0.29) is 33.1 Å². The lowest BCUT2D eigenvalue weighted by Crippen LogP contribution is -2.53. The van der Waals surface area contributed by atoms with Gasteiger partial charge < -0.3 is 37.1 Å². The summed E-state index contributed by atoms with van der Waals surface area (Å²) < 4.78 is 5.19. The molecule has 2 aromatic carbocycles. The van der Waals surface area contributed by atoms with Gasteiger partial charge in [-0.1, -0.05) is 18.2 Å². The number of methoxy groups -OCH3 is 1. The number of rotatable bonds is 13. The molecule has 3 rings (SSSR count). The largest absolute Gasteiger partial charge is 0.504 e. The summed E-state index contributed by atoms with van der Waals surface area (Å²) in [6.45, 7) is 1.43. The number of hydrogen-bond acceptors (Lipinski definition) is 9. The normalized spacial score (nSPS) is 16.4. The summed E-state index contributed by atoms with van der Waals surface area (Å²) in [5.41, 5.74) is 12.0. The van der Waals surface area contributed by atoms with Crippen molar-refractivity contribution in [2.24, 2.45) is 21.5 Å². The first-order valence-corrected chi connectivity index (χ1v) is 13.4. The molecule has 0 aliphatic carbocycles. The molecule has 0 radical (unpaired) electrons.